The largest absolute Gasteiger partial charge is 0.453 e. The Kier molecular flexibility index (Phi) is 5.24. The van der Waals surface area contributed by atoms with Gasteiger partial charge in [-0.05, 0) is 19.1 Å². The summed E-state index contributed by atoms with van der Waals surface area (Å²) in [5, 5.41) is 0.236. The third-order valence-corrected chi connectivity index (χ3v) is 5.33. The molecule has 2 rings (SSSR count). The van der Waals surface area contributed by atoms with E-state index in [1.54, 1.807) is 11.8 Å². The van der Waals surface area contributed by atoms with Crippen molar-refractivity contribution in [1.82, 2.24) is 0 Å². The highest BCUT2D eigenvalue weighted by Gasteiger charge is 2.49. The molecule has 3 unspecified atom stereocenters. The average molecular weight is 298 g/mol. The van der Waals surface area contributed by atoms with Crippen molar-refractivity contribution in [3.8, 4) is 0 Å². The van der Waals surface area contributed by atoms with Crippen LogP contribution >= 0.6 is 11.8 Å². The molecule has 1 saturated heterocycles. The monoisotopic (exact) mass is 298 g/mol. The molecule has 0 N–H and O–H groups in total. The number of carbonyl (C=O) groups excluding carboxylic acids is 3. The Morgan fingerprint density at radius 1 is 1.30 bits per heavy atom. The first-order valence-corrected chi connectivity index (χ1v) is 8.64. The van der Waals surface area contributed by atoms with E-state index in [4.69, 9.17) is 4.74 Å². The number of rotatable bonds is 5. The van der Waals surface area contributed by atoms with E-state index in [-0.39, 0.29) is 22.7 Å². The van der Waals surface area contributed by atoms with Gasteiger partial charge in [0.1, 0.15) is 0 Å². The number of hydrogen-bond acceptors (Lipinski definition) is 5. The second kappa shape index (κ2) is 6.74. The maximum Gasteiger partial charge on any atom is 0.325 e. The van der Waals surface area contributed by atoms with Crippen molar-refractivity contribution in [3.63, 3.8) is 0 Å². The minimum Gasteiger partial charge on any atom is -0.453 e. The third-order valence-electron chi connectivity index (χ3n) is 4.34. The van der Waals surface area contributed by atoms with Crippen molar-refractivity contribution in [2.45, 2.75) is 56.8 Å². The highest BCUT2D eigenvalue weighted by Crippen LogP contribution is 2.31. The minimum absolute atomic E-state index is 0.123. The molecule has 0 bridgehead atoms. The summed E-state index contributed by atoms with van der Waals surface area (Å²) in [6.45, 7) is 1.99. The molecule has 2 fully saturated rings. The quantitative estimate of drug-likeness (QED) is 0.576. The van der Waals surface area contributed by atoms with E-state index in [1.807, 2.05) is 13.2 Å². The highest BCUT2D eigenvalue weighted by molar-refractivity contribution is 7.99. The van der Waals surface area contributed by atoms with Gasteiger partial charge < -0.3 is 4.74 Å². The van der Waals surface area contributed by atoms with Gasteiger partial charge in [0, 0.05) is 17.6 Å². The van der Waals surface area contributed by atoms with Crippen molar-refractivity contribution in [2.75, 3.05) is 6.26 Å². The van der Waals surface area contributed by atoms with Crippen molar-refractivity contribution < 1.29 is 19.1 Å². The smallest absolute Gasteiger partial charge is 0.325 e. The van der Waals surface area contributed by atoms with Crippen LogP contribution in [0.5, 0.6) is 0 Å². The topological polar surface area (TPSA) is 60.4 Å². The third kappa shape index (κ3) is 3.25. The molecule has 3 atom stereocenters. The zero-order chi connectivity index (χ0) is 14.7. The fourth-order valence-corrected chi connectivity index (χ4v) is 3.38. The molecule has 1 heterocycles. The van der Waals surface area contributed by atoms with Gasteiger partial charge in [-0.25, -0.2) is 0 Å². The van der Waals surface area contributed by atoms with Crippen molar-refractivity contribution in [3.05, 3.63) is 0 Å². The van der Waals surface area contributed by atoms with Gasteiger partial charge in [0.05, 0.1) is 0 Å². The predicted octanol–water partition coefficient (Wildman–Crippen LogP) is 2.39. The van der Waals surface area contributed by atoms with Gasteiger partial charge in [0.25, 0.3) is 0 Å². The first-order valence-electron chi connectivity index (χ1n) is 7.35. The van der Waals surface area contributed by atoms with Crippen LogP contribution in [0.3, 0.4) is 0 Å². The van der Waals surface area contributed by atoms with Crippen molar-refractivity contribution in [2.24, 2.45) is 11.8 Å². The summed E-state index contributed by atoms with van der Waals surface area (Å²) in [6.07, 6.45) is 6.52. The molecule has 20 heavy (non-hydrogen) atoms. The standard InChI is InChI=1S/C15H22O4S/c1-9(20-2)8-11-14(17)12(15(18)19-11)13(16)10-6-4-3-5-7-10/h9-12H,3-8H2,1-2H3. The number of Topliss-reactive ketones (excluding diaryl/α,β-unsaturated/α-hetero) is 2. The molecule has 0 amide bonds. The molecule has 0 aromatic rings. The van der Waals surface area contributed by atoms with Crippen LogP contribution < -0.4 is 0 Å². The van der Waals surface area contributed by atoms with Crippen LogP contribution in [0.25, 0.3) is 0 Å². The lowest BCUT2D eigenvalue weighted by Crippen LogP contribution is -2.34. The van der Waals surface area contributed by atoms with Gasteiger partial charge in [-0.3, -0.25) is 14.4 Å². The van der Waals surface area contributed by atoms with Crippen LogP contribution in [0, 0.1) is 11.8 Å². The Morgan fingerprint density at radius 3 is 2.55 bits per heavy atom. The molecule has 5 heteroatoms. The number of hydrogen-bond donors (Lipinski definition) is 0. The van der Waals surface area contributed by atoms with Gasteiger partial charge in [0.2, 0.25) is 0 Å². The molecule has 1 aliphatic heterocycles. The highest BCUT2D eigenvalue weighted by atomic mass is 32.2. The summed E-state index contributed by atoms with van der Waals surface area (Å²) in [7, 11) is 0. The van der Waals surface area contributed by atoms with E-state index in [1.165, 1.54) is 0 Å². The van der Waals surface area contributed by atoms with E-state index in [0.29, 0.717) is 6.42 Å². The summed E-state index contributed by atoms with van der Waals surface area (Å²) in [5.74, 6) is -2.39. The first-order chi connectivity index (χ1) is 9.54. The normalized spacial score (nSPS) is 29.3. The van der Waals surface area contributed by atoms with Crippen LogP contribution in [-0.2, 0) is 19.1 Å². The average Bonchev–Trinajstić information content (AvgIpc) is 2.73. The molecular weight excluding hydrogens is 276 g/mol. The molecule has 0 aromatic carbocycles. The Hall–Kier alpha value is -0.840. The molecule has 1 aliphatic carbocycles. The molecule has 112 valence electrons. The number of ketones is 2. The van der Waals surface area contributed by atoms with Gasteiger partial charge >= 0.3 is 5.97 Å². The Balaban J connectivity index is 2.02. The van der Waals surface area contributed by atoms with Crippen molar-refractivity contribution >= 4 is 29.3 Å². The lowest BCUT2D eigenvalue weighted by atomic mass is 9.80. The molecule has 4 nitrogen and oxygen atoms in total. The van der Waals surface area contributed by atoms with Crippen LogP contribution in [0.4, 0.5) is 0 Å². The summed E-state index contributed by atoms with van der Waals surface area (Å²) < 4.78 is 5.15. The number of cyclic esters (lactones) is 1. The Labute approximate surface area is 124 Å². The summed E-state index contributed by atoms with van der Waals surface area (Å²) in [6, 6.07) is 0. The van der Waals surface area contributed by atoms with Gasteiger partial charge in [0.15, 0.2) is 23.6 Å². The minimum atomic E-state index is -1.14. The van der Waals surface area contributed by atoms with Crippen molar-refractivity contribution in [1.29, 1.82) is 0 Å². The van der Waals surface area contributed by atoms with E-state index in [9.17, 15) is 14.4 Å². The summed E-state index contributed by atoms with van der Waals surface area (Å²) in [5.41, 5.74) is 0. The zero-order valence-electron chi connectivity index (χ0n) is 12.1. The van der Waals surface area contributed by atoms with Gasteiger partial charge in [-0.15, -0.1) is 0 Å². The molecule has 0 aromatic heterocycles. The molecule has 2 aliphatic rings. The Morgan fingerprint density at radius 2 is 1.95 bits per heavy atom. The number of ether oxygens (including phenoxy) is 1. The molecule has 0 spiro atoms. The van der Waals surface area contributed by atoms with E-state index in [2.05, 4.69) is 0 Å². The fourth-order valence-electron chi connectivity index (χ4n) is 3.01. The molecular formula is C15H22O4S. The van der Waals surface area contributed by atoms with Crippen LogP contribution in [0.1, 0.15) is 45.4 Å². The first kappa shape index (κ1) is 15.5. The molecule has 1 saturated carbocycles. The zero-order valence-corrected chi connectivity index (χ0v) is 12.9. The SMILES string of the molecule is CSC(C)CC1OC(=O)C(C(=O)C2CCCCC2)C1=O. The van der Waals surface area contributed by atoms with Crippen LogP contribution in [0.2, 0.25) is 0 Å². The van der Waals surface area contributed by atoms with E-state index in [0.717, 1.165) is 32.1 Å². The van der Waals surface area contributed by atoms with Gasteiger partial charge in [-0.2, -0.15) is 11.8 Å². The second-order valence-corrected chi connectivity index (χ2v) is 7.06. The number of carbonyl (C=O) groups is 3. The number of thioether (sulfide) groups is 1. The number of esters is 1. The lowest BCUT2D eigenvalue weighted by Gasteiger charge is -2.21. The van der Waals surface area contributed by atoms with Crippen LogP contribution in [-0.4, -0.2) is 35.1 Å². The van der Waals surface area contributed by atoms with E-state index >= 15 is 0 Å². The maximum absolute atomic E-state index is 12.4. The lowest BCUT2D eigenvalue weighted by molar-refractivity contribution is -0.148. The fraction of sp³-hybridized carbons (Fsp3) is 0.800. The maximum atomic E-state index is 12.4. The molecule has 0 radical (unpaired) electrons. The Bertz CT molecular complexity index is 401. The summed E-state index contributed by atoms with van der Waals surface area (Å²) in [4.78, 5) is 36.5. The second-order valence-electron chi connectivity index (χ2n) is 5.78. The van der Waals surface area contributed by atoms with Gasteiger partial charge in [-0.1, -0.05) is 26.2 Å². The van der Waals surface area contributed by atoms with E-state index < -0.39 is 18.0 Å². The summed E-state index contributed by atoms with van der Waals surface area (Å²) >= 11 is 1.62. The van der Waals surface area contributed by atoms with Crippen LogP contribution in [0.15, 0.2) is 0 Å². The predicted molar refractivity (Wildman–Crippen MR) is 77.6 cm³/mol.